The molecule has 0 spiro atoms. The van der Waals surface area contributed by atoms with Crippen LogP contribution in [0.4, 0.5) is 4.79 Å². The van der Waals surface area contributed by atoms with Crippen LogP contribution in [0.1, 0.15) is 12.8 Å². The van der Waals surface area contributed by atoms with Gasteiger partial charge in [0.2, 0.25) is 0 Å². The SMILES string of the molecule is O=C(O)CN1CCN(C(=O)N2CCCC2)[C@@H]2CS(=O)(=O)C[C@@H]21. The molecule has 3 rings (SSSR count). The summed E-state index contributed by atoms with van der Waals surface area (Å²) in [6.45, 7) is 2.06. The quantitative estimate of drug-likeness (QED) is 0.702. The van der Waals surface area contributed by atoms with Gasteiger partial charge in [-0.3, -0.25) is 9.69 Å². The molecule has 0 aromatic heterocycles. The Balaban J connectivity index is 1.80. The van der Waals surface area contributed by atoms with E-state index in [2.05, 4.69) is 0 Å². The second-order valence-electron chi connectivity index (χ2n) is 6.25. The molecular weight excluding hydrogens is 310 g/mol. The van der Waals surface area contributed by atoms with Gasteiger partial charge in [-0.05, 0) is 12.8 Å². The summed E-state index contributed by atoms with van der Waals surface area (Å²) in [7, 11) is -3.23. The minimum absolute atomic E-state index is 0.0608. The first-order valence-electron chi connectivity index (χ1n) is 7.59. The minimum atomic E-state index is -3.23. The Morgan fingerprint density at radius 1 is 1.00 bits per heavy atom. The van der Waals surface area contributed by atoms with E-state index in [1.54, 1.807) is 14.7 Å². The number of rotatable bonds is 2. The number of carbonyl (C=O) groups is 2. The highest BCUT2D eigenvalue weighted by Gasteiger charge is 2.49. The van der Waals surface area contributed by atoms with Gasteiger partial charge in [-0.1, -0.05) is 0 Å². The predicted octanol–water partition coefficient (Wildman–Crippen LogP) is -0.930. The third kappa shape index (κ3) is 2.91. The zero-order chi connectivity index (χ0) is 15.9. The molecule has 3 fully saturated rings. The molecule has 3 saturated heterocycles. The monoisotopic (exact) mass is 331 g/mol. The van der Waals surface area contributed by atoms with Crippen molar-refractivity contribution in [3.8, 4) is 0 Å². The van der Waals surface area contributed by atoms with E-state index in [1.165, 1.54) is 0 Å². The summed E-state index contributed by atoms with van der Waals surface area (Å²) in [4.78, 5) is 28.7. The van der Waals surface area contributed by atoms with Crippen molar-refractivity contribution in [1.29, 1.82) is 0 Å². The maximum absolute atomic E-state index is 12.6. The van der Waals surface area contributed by atoms with Crippen LogP contribution in [0.3, 0.4) is 0 Å². The van der Waals surface area contributed by atoms with Crippen LogP contribution in [0.25, 0.3) is 0 Å². The van der Waals surface area contributed by atoms with E-state index in [1.807, 2.05) is 0 Å². The average Bonchev–Trinajstić information content (AvgIpc) is 3.04. The van der Waals surface area contributed by atoms with Gasteiger partial charge in [0.1, 0.15) is 0 Å². The third-order valence-electron chi connectivity index (χ3n) is 4.75. The molecule has 2 atom stereocenters. The number of urea groups is 1. The van der Waals surface area contributed by atoms with Crippen LogP contribution >= 0.6 is 0 Å². The highest BCUT2D eigenvalue weighted by Crippen LogP contribution is 2.28. The van der Waals surface area contributed by atoms with Crippen LogP contribution in [0.5, 0.6) is 0 Å². The average molecular weight is 331 g/mol. The van der Waals surface area contributed by atoms with Crippen molar-refractivity contribution >= 4 is 21.8 Å². The number of carbonyl (C=O) groups excluding carboxylic acids is 1. The number of piperazine rings is 1. The van der Waals surface area contributed by atoms with Gasteiger partial charge in [0.25, 0.3) is 0 Å². The summed E-state index contributed by atoms with van der Waals surface area (Å²) in [5.74, 6) is -1.09. The van der Waals surface area contributed by atoms with Gasteiger partial charge < -0.3 is 14.9 Å². The number of amides is 2. The molecule has 3 heterocycles. The van der Waals surface area contributed by atoms with Gasteiger partial charge >= 0.3 is 12.0 Å². The first-order chi connectivity index (χ1) is 10.4. The van der Waals surface area contributed by atoms with Crippen molar-refractivity contribution in [3.05, 3.63) is 0 Å². The lowest BCUT2D eigenvalue weighted by molar-refractivity contribution is -0.139. The van der Waals surface area contributed by atoms with E-state index < -0.39 is 27.9 Å². The molecule has 0 aromatic rings. The lowest BCUT2D eigenvalue weighted by atomic mass is 10.1. The fourth-order valence-corrected chi connectivity index (χ4v) is 5.73. The Labute approximate surface area is 129 Å². The molecule has 0 unspecified atom stereocenters. The Bertz CT molecular complexity index is 572. The van der Waals surface area contributed by atoms with E-state index in [0.29, 0.717) is 13.1 Å². The summed E-state index contributed by atoms with van der Waals surface area (Å²) in [5, 5.41) is 8.98. The van der Waals surface area contributed by atoms with E-state index >= 15 is 0 Å². The van der Waals surface area contributed by atoms with Crippen molar-refractivity contribution < 1.29 is 23.1 Å². The van der Waals surface area contributed by atoms with Crippen molar-refractivity contribution in [3.63, 3.8) is 0 Å². The molecule has 2 amide bonds. The fraction of sp³-hybridized carbons (Fsp3) is 0.846. The van der Waals surface area contributed by atoms with Crippen LogP contribution in [0.2, 0.25) is 0 Å². The van der Waals surface area contributed by atoms with E-state index in [0.717, 1.165) is 25.9 Å². The number of hydrogen-bond acceptors (Lipinski definition) is 5. The zero-order valence-corrected chi connectivity index (χ0v) is 13.2. The summed E-state index contributed by atoms with van der Waals surface area (Å²) in [5.41, 5.74) is 0. The molecule has 3 aliphatic rings. The number of sulfone groups is 1. The molecular formula is C13H21N3O5S. The molecule has 0 aliphatic carbocycles. The lowest BCUT2D eigenvalue weighted by Gasteiger charge is -2.44. The number of fused-ring (bicyclic) bond motifs is 1. The Hall–Kier alpha value is -1.35. The third-order valence-corrected chi connectivity index (χ3v) is 6.45. The predicted molar refractivity (Wildman–Crippen MR) is 78.3 cm³/mol. The number of likely N-dealkylation sites (tertiary alicyclic amines) is 1. The molecule has 124 valence electrons. The molecule has 0 bridgehead atoms. The molecule has 3 aliphatic heterocycles. The molecule has 22 heavy (non-hydrogen) atoms. The normalized spacial score (nSPS) is 31.3. The number of nitrogens with zero attached hydrogens (tertiary/aromatic N) is 3. The minimum Gasteiger partial charge on any atom is -0.480 e. The summed E-state index contributed by atoms with van der Waals surface area (Å²) < 4.78 is 24.0. The van der Waals surface area contributed by atoms with Gasteiger partial charge in [0, 0.05) is 32.2 Å². The van der Waals surface area contributed by atoms with Crippen molar-refractivity contribution in [2.45, 2.75) is 24.9 Å². The van der Waals surface area contributed by atoms with Gasteiger partial charge in [0.05, 0.1) is 24.1 Å². The fourth-order valence-electron chi connectivity index (χ4n) is 3.72. The van der Waals surface area contributed by atoms with Crippen LogP contribution in [-0.4, -0.2) is 96.5 Å². The lowest BCUT2D eigenvalue weighted by Crippen LogP contribution is -2.63. The topological polar surface area (TPSA) is 98.2 Å². The first-order valence-corrected chi connectivity index (χ1v) is 9.41. The Kier molecular flexibility index (Phi) is 4.02. The highest BCUT2D eigenvalue weighted by molar-refractivity contribution is 7.91. The standard InChI is InChI=1S/C13H21N3O5S/c17-12(18)7-15-5-6-16(13(19)14-3-1-2-4-14)11-9-22(20,21)8-10(11)15/h10-11H,1-9H2,(H,17,18)/t10-,11+/m0/s1. The van der Waals surface area contributed by atoms with Gasteiger partial charge in [-0.2, -0.15) is 0 Å². The maximum Gasteiger partial charge on any atom is 0.320 e. The number of aliphatic carboxylic acids is 1. The second-order valence-corrected chi connectivity index (χ2v) is 8.40. The smallest absolute Gasteiger partial charge is 0.320 e. The Morgan fingerprint density at radius 3 is 2.27 bits per heavy atom. The van der Waals surface area contributed by atoms with Crippen molar-refractivity contribution in [1.82, 2.24) is 14.7 Å². The first kappa shape index (κ1) is 15.5. The largest absolute Gasteiger partial charge is 0.480 e. The second kappa shape index (κ2) is 5.69. The van der Waals surface area contributed by atoms with E-state index in [4.69, 9.17) is 5.11 Å². The van der Waals surface area contributed by atoms with E-state index in [-0.39, 0.29) is 24.1 Å². The molecule has 0 radical (unpaired) electrons. The maximum atomic E-state index is 12.6. The number of carboxylic acids is 1. The van der Waals surface area contributed by atoms with Crippen molar-refractivity contribution in [2.75, 3.05) is 44.2 Å². The Morgan fingerprint density at radius 2 is 1.64 bits per heavy atom. The molecule has 0 aromatic carbocycles. The zero-order valence-electron chi connectivity index (χ0n) is 12.3. The van der Waals surface area contributed by atoms with Gasteiger partial charge in [-0.15, -0.1) is 0 Å². The van der Waals surface area contributed by atoms with Crippen LogP contribution in [0, 0.1) is 0 Å². The van der Waals surface area contributed by atoms with Crippen LogP contribution < -0.4 is 0 Å². The number of carboxylic acid groups (broad SMARTS) is 1. The van der Waals surface area contributed by atoms with Crippen LogP contribution in [0.15, 0.2) is 0 Å². The van der Waals surface area contributed by atoms with Crippen molar-refractivity contribution in [2.24, 2.45) is 0 Å². The highest BCUT2D eigenvalue weighted by atomic mass is 32.2. The van der Waals surface area contributed by atoms with Gasteiger partial charge in [0.15, 0.2) is 9.84 Å². The molecule has 1 N–H and O–H groups in total. The summed E-state index contributed by atoms with van der Waals surface area (Å²) >= 11 is 0. The molecule has 9 heteroatoms. The summed E-state index contributed by atoms with van der Waals surface area (Å²) in [6, 6.07) is -0.924. The van der Waals surface area contributed by atoms with Gasteiger partial charge in [-0.25, -0.2) is 13.2 Å². The number of hydrogen-bond donors (Lipinski definition) is 1. The molecule has 0 saturated carbocycles. The molecule has 8 nitrogen and oxygen atoms in total. The van der Waals surface area contributed by atoms with Crippen LogP contribution in [-0.2, 0) is 14.6 Å². The summed E-state index contributed by atoms with van der Waals surface area (Å²) in [6.07, 6.45) is 1.97. The van der Waals surface area contributed by atoms with E-state index in [9.17, 15) is 18.0 Å².